The third kappa shape index (κ3) is 2.98. The van der Waals surface area contributed by atoms with E-state index in [1.165, 1.54) is 25.8 Å². The van der Waals surface area contributed by atoms with Gasteiger partial charge in [0.1, 0.15) is 0 Å². The van der Waals surface area contributed by atoms with Gasteiger partial charge < -0.3 is 10.0 Å². The van der Waals surface area contributed by atoms with Crippen LogP contribution in [0, 0.1) is 11.3 Å². The van der Waals surface area contributed by atoms with Crippen LogP contribution in [0.4, 0.5) is 0 Å². The minimum Gasteiger partial charge on any atom is -0.393 e. The summed E-state index contributed by atoms with van der Waals surface area (Å²) in [4.78, 5) is 2.50. The van der Waals surface area contributed by atoms with Gasteiger partial charge in [0.25, 0.3) is 0 Å². The van der Waals surface area contributed by atoms with Crippen molar-refractivity contribution in [3.05, 3.63) is 0 Å². The molecule has 0 aliphatic heterocycles. The van der Waals surface area contributed by atoms with E-state index >= 15 is 0 Å². The summed E-state index contributed by atoms with van der Waals surface area (Å²) in [5, 5.41) is 9.82. The number of aliphatic hydroxyl groups is 1. The average molecular weight is 225 g/mol. The molecule has 2 nitrogen and oxygen atoms in total. The summed E-state index contributed by atoms with van der Waals surface area (Å²) in [5.74, 6) is 1.01. The smallest absolute Gasteiger partial charge is 0.0555 e. The highest BCUT2D eigenvalue weighted by molar-refractivity contribution is 4.92. The van der Waals surface area contributed by atoms with Crippen LogP contribution < -0.4 is 0 Å². The second kappa shape index (κ2) is 4.66. The zero-order valence-electron chi connectivity index (χ0n) is 11.1. The van der Waals surface area contributed by atoms with Gasteiger partial charge in [0, 0.05) is 6.04 Å². The third-order valence-corrected chi connectivity index (χ3v) is 4.64. The average Bonchev–Trinajstić information content (AvgIpc) is 3.02. The lowest BCUT2D eigenvalue weighted by Crippen LogP contribution is -2.48. The third-order valence-electron chi connectivity index (χ3n) is 4.64. The molecule has 0 amide bonds. The first-order valence-electron chi connectivity index (χ1n) is 6.87. The monoisotopic (exact) mass is 225 g/mol. The highest BCUT2D eigenvalue weighted by atomic mass is 16.3. The first kappa shape index (κ1) is 12.4. The SMILES string of the molecule is CN(CCC1CC1)C1CC(O)CCC1(C)C. The van der Waals surface area contributed by atoms with E-state index in [1.54, 1.807) is 0 Å². The summed E-state index contributed by atoms with van der Waals surface area (Å²) in [5.41, 5.74) is 0.373. The molecule has 2 atom stereocenters. The topological polar surface area (TPSA) is 23.5 Å². The van der Waals surface area contributed by atoms with Crippen molar-refractivity contribution >= 4 is 0 Å². The van der Waals surface area contributed by atoms with Crippen LogP contribution in [0.5, 0.6) is 0 Å². The van der Waals surface area contributed by atoms with Crippen molar-refractivity contribution in [2.75, 3.05) is 13.6 Å². The van der Waals surface area contributed by atoms with E-state index in [0.29, 0.717) is 11.5 Å². The quantitative estimate of drug-likeness (QED) is 0.795. The predicted molar refractivity (Wildman–Crippen MR) is 67.4 cm³/mol. The zero-order valence-corrected chi connectivity index (χ0v) is 11.1. The van der Waals surface area contributed by atoms with Crippen LogP contribution in [0.1, 0.15) is 52.4 Å². The van der Waals surface area contributed by atoms with Gasteiger partial charge in [0.05, 0.1) is 6.10 Å². The largest absolute Gasteiger partial charge is 0.393 e. The molecule has 0 heterocycles. The molecule has 2 heteroatoms. The molecular formula is C14H27NO. The molecule has 2 saturated carbocycles. The van der Waals surface area contributed by atoms with Crippen LogP contribution in [-0.2, 0) is 0 Å². The van der Waals surface area contributed by atoms with Gasteiger partial charge in [-0.3, -0.25) is 0 Å². The van der Waals surface area contributed by atoms with Crippen molar-refractivity contribution in [1.82, 2.24) is 4.90 Å². The Morgan fingerprint density at radius 1 is 1.25 bits per heavy atom. The number of rotatable bonds is 4. The van der Waals surface area contributed by atoms with E-state index in [-0.39, 0.29) is 6.10 Å². The van der Waals surface area contributed by atoms with E-state index in [2.05, 4.69) is 25.8 Å². The van der Waals surface area contributed by atoms with E-state index in [4.69, 9.17) is 0 Å². The van der Waals surface area contributed by atoms with Crippen molar-refractivity contribution in [2.45, 2.75) is 64.5 Å². The Morgan fingerprint density at radius 3 is 2.56 bits per heavy atom. The molecule has 16 heavy (non-hydrogen) atoms. The van der Waals surface area contributed by atoms with E-state index in [9.17, 15) is 5.11 Å². The van der Waals surface area contributed by atoms with Gasteiger partial charge in [-0.2, -0.15) is 0 Å². The lowest BCUT2D eigenvalue weighted by molar-refractivity contribution is -0.00185. The maximum absolute atomic E-state index is 9.82. The van der Waals surface area contributed by atoms with Gasteiger partial charge in [-0.15, -0.1) is 0 Å². The summed E-state index contributed by atoms with van der Waals surface area (Å²) in [6.07, 6.45) is 7.30. The highest BCUT2D eigenvalue weighted by Gasteiger charge is 2.38. The van der Waals surface area contributed by atoms with Gasteiger partial charge in [-0.1, -0.05) is 26.7 Å². The predicted octanol–water partition coefficient (Wildman–Crippen LogP) is 2.66. The molecule has 0 aromatic carbocycles. The van der Waals surface area contributed by atoms with Crippen LogP contribution in [0.15, 0.2) is 0 Å². The Balaban J connectivity index is 1.87. The Hall–Kier alpha value is -0.0800. The minimum absolute atomic E-state index is 0.0681. The Bertz CT molecular complexity index is 235. The van der Waals surface area contributed by atoms with Gasteiger partial charge in [-0.05, 0) is 50.6 Å². The molecule has 0 aromatic heterocycles. The lowest BCUT2D eigenvalue weighted by atomic mass is 9.71. The van der Waals surface area contributed by atoms with Gasteiger partial charge >= 0.3 is 0 Å². The number of nitrogens with zero attached hydrogens (tertiary/aromatic N) is 1. The van der Waals surface area contributed by atoms with E-state index in [0.717, 1.165) is 25.2 Å². The van der Waals surface area contributed by atoms with Crippen LogP contribution in [0.3, 0.4) is 0 Å². The molecule has 0 radical (unpaired) electrons. The van der Waals surface area contributed by atoms with Gasteiger partial charge in [0.15, 0.2) is 0 Å². The second-order valence-electron chi connectivity index (χ2n) is 6.65. The molecule has 1 N–H and O–H groups in total. The molecule has 2 unspecified atom stereocenters. The van der Waals surface area contributed by atoms with Crippen molar-refractivity contribution in [1.29, 1.82) is 0 Å². The fourth-order valence-corrected chi connectivity index (χ4v) is 3.12. The van der Waals surface area contributed by atoms with Crippen molar-refractivity contribution in [3.63, 3.8) is 0 Å². The molecule has 2 aliphatic rings. The maximum Gasteiger partial charge on any atom is 0.0555 e. The van der Waals surface area contributed by atoms with Crippen LogP contribution in [-0.4, -0.2) is 35.7 Å². The summed E-state index contributed by atoms with van der Waals surface area (Å²) < 4.78 is 0. The summed E-state index contributed by atoms with van der Waals surface area (Å²) >= 11 is 0. The molecule has 0 bridgehead atoms. The normalized spacial score (nSPS) is 34.3. The van der Waals surface area contributed by atoms with Gasteiger partial charge in [0.2, 0.25) is 0 Å². The zero-order chi connectivity index (χ0) is 11.8. The molecule has 0 aromatic rings. The van der Waals surface area contributed by atoms with E-state index < -0.39 is 0 Å². The molecular weight excluding hydrogens is 198 g/mol. The summed E-state index contributed by atoms with van der Waals surface area (Å²) in [7, 11) is 2.24. The van der Waals surface area contributed by atoms with Crippen molar-refractivity contribution in [2.24, 2.45) is 11.3 Å². The first-order valence-corrected chi connectivity index (χ1v) is 6.87. The van der Waals surface area contributed by atoms with Crippen LogP contribution >= 0.6 is 0 Å². The van der Waals surface area contributed by atoms with E-state index in [1.807, 2.05) is 0 Å². The molecule has 2 aliphatic carbocycles. The Kier molecular flexibility index (Phi) is 3.60. The van der Waals surface area contributed by atoms with Gasteiger partial charge in [-0.25, -0.2) is 0 Å². The minimum atomic E-state index is -0.0681. The number of hydrogen-bond acceptors (Lipinski definition) is 2. The fourth-order valence-electron chi connectivity index (χ4n) is 3.12. The lowest BCUT2D eigenvalue weighted by Gasteiger charge is -2.45. The Labute approximate surface area is 100 Å². The molecule has 2 fully saturated rings. The number of hydrogen-bond donors (Lipinski definition) is 1. The molecule has 0 spiro atoms. The Morgan fingerprint density at radius 2 is 1.94 bits per heavy atom. The van der Waals surface area contributed by atoms with Crippen LogP contribution in [0.25, 0.3) is 0 Å². The van der Waals surface area contributed by atoms with Crippen molar-refractivity contribution < 1.29 is 5.11 Å². The fraction of sp³-hybridized carbons (Fsp3) is 1.00. The highest BCUT2D eigenvalue weighted by Crippen LogP contribution is 2.39. The summed E-state index contributed by atoms with van der Waals surface area (Å²) in [6.45, 7) is 5.93. The molecule has 2 rings (SSSR count). The maximum atomic E-state index is 9.82. The van der Waals surface area contributed by atoms with Crippen LogP contribution in [0.2, 0.25) is 0 Å². The standard InChI is InChI=1S/C14H27NO/c1-14(2)8-6-12(16)10-13(14)15(3)9-7-11-4-5-11/h11-13,16H,4-10H2,1-3H3. The second-order valence-corrected chi connectivity index (χ2v) is 6.65. The first-order chi connectivity index (χ1) is 7.49. The molecule has 0 saturated heterocycles. The number of aliphatic hydroxyl groups excluding tert-OH is 1. The summed E-state index contributed by atoms with van der Waals surface area (Å²) in [6, 6.07) is 0.565. The van der Waals surface area contributed by atoms with Crippen molar-refractivity contribution in [3.8, 4) is 0 Å². The molecule has 94 valence electrons.